The van der Waals surface area contributed by atoms with Crippen molar-refractivity contribution in [2.24, 2.45) is 0 Å². The Morgan fingerprint density at radius 1 is 1.73 bits per heavy atom. The molecule has 0 atom stereocenters. The van der Waals surface area contributed by atoms with Gasteiger partial charge < -0.3 is 10.1 Å². The smallest absolute Gasteiger partial charge is 0.290 e. The van der Waals surface area contributed by atoms with Gasteiger partial charge in [-0.05, 0) is 13.0 Å². The summed E-state index contributed by atoms with van der Waals surface area (Å²) >= 11 is 0. The lowest BCUT2D eigenvalue weighted by molar-refractivity contribution is 0.476. The second-order valence-corrected chi connectivity index (χ2v) is 2.13. The zero-order valence-electron chi connectivity index (χ0n) is 5.88. The van der Waals surface area contributed by atoms with E-state index in [1.807, 2.05) is 0 Å². The molecule has 1 heterocycles. The molecule has 0 saturated carbocycles. The minimum atomic E-state index is -0.544. The molecular weight excluding hydrogens is 144 g/mol. The molecule has 2 N–H and O–H groups in total. The van der Waals surface area contributed by atoms with E-state index in [0.717, 1.165) is 0 Å². The van der Waals surface area contributed by atoms with Crippen LogP contribution in [0.4, 0.5) is 5.69 Å². The van der Waals surface area contributed by atoms with Crippen LogP contribution in [0.25, 0.3) is 4.85 Å². The molecule has 0 unspecified atom stereocenters. The SMILES string of the molecule is [C-]#[N+]c1c(O)cc(C)[nH]c1=O. The molecule has 0 aliphatic rings. The number of hydrogen-bond acceptors (Lipinski definition) is 2. The number of nitrogens with zero attached hydrogens (tertiary/aromatic N) is 1. The van der Waals surface area contributed by atoms with Crippen LogP contribution in [0.3, 0.4) is 0 Å². The molecule has 4 heteroatoms. The van der Waals surface area contributed by atoms with E-state index in [0.29, 0.717) is 5.69 Å². The molecule has 56 valence electrons. The van der Waals surface area contributed by atoms with E-state index in [-0.39, 0.29) is 11.4 Å². The number of hydrogen-bond donors (Lipinski definition) is 2. The van der Waals surface area contributed by atoms with Gasteiger partial charge in [-0.25, -0.2) is 4.85 Å². The van der Waals surface area contributed by atoms with Crippen LogP contribution in [0.5, 0.6) is 5.75 Å². The Kier molecular flexibility index (Phi) is 1.65. The Morgan fingerprint density at radius 2 is 2.36 bits per heavy atom. The minimum absolute atomic E-state index is 0.254. The summed E-state index contributed by atoms with van der Waals surface area (Å²) in [6.45, 7) is 8.17. The van der Waals surface area contributed by atoms with E-state index < -0.39 is 5.56 Å². The van der Waals surface area contributed by atoms with Crippen LogP contribution in [0, 0.1) is 13.5 Å². The zero-order valence-corrected chi connectivity index (χ0v) is 5.88. The van der Waals surface area contributed by atoms with Gasteiger partial charge in [-0.3, -0.25) is 4.79 Å². The monoisotopic (exact) mass is 150 g/mol. The quantitative estimate of drug-likeness (QED) is 0.541. The molecule has 0 aromatic carbocycles. The standard InChI is InChI=1S/C7H6N2O2/c1-4-3-5(10)6(8-2)7(11)9-4/h3H,1H3,(H2,9,10,11). The molecule has 0 spiro atoms. The zero-order chi connectivity index (χ0) is 8.43. The fourth-order valence-corrected chi connectivity index (χ4v) is 0.772. The van der Waals surface area contributed by atoms with Crippen LogP contribution in [-0.4, -0.2) is 10.1 Å². The third-order valence-corrected chi connectivity index (χ3v) is 1.23. The van der Waals surface area contributed by atoms with Crippen LogP contribution in [-0.2, 0) is 0 Å². The van der Waals surface area contributed by atoms with Crippen molar-refractivity contribution >= 4 is 5.69 Å². The van der Waals surface area contributed by atoms with Gasteiger partial charge in [0.15, 0.2) is 0 Å². The first-order valence-electron chi connectivity index (χ1n) is 2.95. The number of H-pyrrole nitrogens is 1. The van der Waals surface area contributed by atoms with Crippen molar-refractivity contribution < 1.29 is 5.11 Å². The van der Waals surface area contributed by atoms with Gasteiger partial charge in [0.05, 0.1) is 6.57 Å². The Hall–Kier alpha value is -1.76. The number of rotatable bonds is 0. The average Bonchev–Trinajstić information content (AvgIpc) is 1.85. The maximum absolute atomic E-state index is 10.9. The number of aromatic hydroxyl groups is 1. The lowest BCUT2D eigenvalue weighted by Crippen LogP contribution is -2.05. The van der Waals surface area contributed by atoms with Gasteiger partial charge in [0, 0.05) is 5.69 Å². The van der Waals surface area contributed by atoms with Gasteiger partial charge in [0.25, 0.3) is 11.2 Å². The second kappa shape index (κ2) is 2.46. The molecule has 4 nitrogen and oxygen atoms in total. The van der Waals surface area contributed by atoms with Crippen molar-refractivity contribution in [3.63, 3.8) is 0 Å². The molecule has 0 aliphatic heterocycles. The first-order valence-corrected chi connectivity index (χ1v) is 2.95. The van der Waals surface area contributed by atoms with Crippen molar-refractivity contribution in [1.82, 2.24) is 4.98 Å². The van der Waals surface area contributed by atoms with Gasteiger partial charge >= 0.3 is 0 Å². The summed E-state index contributed by atoms with van der Waals surface area (Å²) in [5, 5.41) is 9.04. The highest BCUT2D eigenvalue weighted by molar-refractivity contribution is 5.54. The molecule has 0 radical (unpaired) electrons. The summed E-state index contributed by atoms with van der Waals surface area (Å²) < 4.78 is 0. The van der Waals surface area contributed by atoms with E-state index in [4.69, 9.17) is 11.7 Å². The number of nitrogens with one attached hydrogen (secondary N) is 1. The highest BCUT2D eigenvalue weighted by Crippen LogP contribution is 2.20. The van der Waals surface area contributed by atoms with E-state index in [9.17, 15) is 4.79 Å². The van der Waals surface area contributed by atoms with Crippen molar-refractivity contribution in [3.05, 3.63) is 33.5 Å². The lowest BCUT2D eigenvalue weighted by atomic mass is 10.3. The molecule has 0 bridgehead atoms. The molecule has 0 fully saturated rings. The fourth-order valence-electron chi connectivity index (χ4n) is 0.772. The highest BCUT2D eigenvalue weighted by atomic mass is 16.3. The normalized spacial score (nSPS) is 9.09. The lowest BCUT2D eigenvalue weighted by Gasteiger charge is -1.95. The summed E-state index contributed by atoms with van der Waals surface area (Å²) in [5.74, 6) is -0.263. The van der Waals surface area contributed by atoms with Gasteiger partial charge in [-0.2, -0.15) is 0 Å². The summed E-state index contributed by atoms with van der Waals surface area (Å²) in [6, 6.07) is 1.34. The van der Waals surface area contributed by atoms with E-state index >= 15 is 0 Å². The number of pyridine rings is 1. The van der Waals surface area contributed by atoms with Crippen LogP contribution in [0.15, 0.2) is 10.9 Å². The summed E-state index contributed by atoms with van der Waals surface area (Å²) in [6.07, 6.45) is 0. The minimum Gasteiger partial charge on any atom is -0.519 e. The number of aryl methyl sites for hydroxylation is 1. The fraction of sp³-hybridized carbons (Fsp3) is 0.143. The van der Waals surface area contributed by atoms with Crippen LogP contribution >= 0.6 is 0 Å². The molecule has 1 aromatic rings. The first kappa shape index (κ1) is 7.35. The molecule has 1 rings (SSSR count). The average molecular weight is 150 g/mol. The molecule has 11 heavy (non-hydrogen) atoms. The Labute approximate surface area is 62.9 Å². The van der Waals surface area contributed by atoms with Crippen molar-refractivity contribution in [3.8, 4) is 5.75 Å². The predicted molar refractivity (Wildman–Crippen MR) is 39.7 cm³/mol. The summed E-state index contributed by atoms with van der Waals surface area (Å²) in [7, 11) is 0. The van der Waals surface area contributed by atoms with Crippen molar-refractivity contribution in [2.75, 3.05) is 0 Å². The van der Waals surface area contributed by atoms with Crippen LogP contribution < -0.4 is 5.56 Å². The number of aromatic nitrogens is 1. The Balaban J connectivity index is 3.53. The van der Waals surface area contributed by atoms with Gasteiger partial charge in [0.2, 0.25) is 0 Å². The predicted octanol–water partition coefficient (Wildman–Crippen LogP) is 0.940. The van der Waals surface area contributed by atoms with Gasteiger partial charge in [-0.15, -0.1) is 0 Å². The van der Waals surface area contributed by atoms with Gasteiger partial charge in [-0.1, -0.05) is 0 Å². The van der Waals surface area contributed by atoms with E-state index in [1.165, 1.54) is 6.07 Å². The Bertz CT molecular complexity index is 373. The van der Waals surface area contributed by atoms with Crippen molar-refractivity contribution in [2.45, 2.75) is 6.92 Å². The highest BCUT2D eigenvalue weighted by Gasteiger charge is 2.05. The third kappa shape index (κ3) is 1.22. The molecule has 0 aliphatic carbocycles. The topological polar surface area (TPSA) is 57.4 Å². The third-order valence-electron chi connectivity index (χ3n) is 1.23. The molecular formula is C7H6N2O2. The van der Waals surface area contributed by atoms with Gasteiger partial charge in [0.1, 0.15) is 5.75 Å². The van der Waals surface area contributed by atoms with E-state index in [2.05, 4.69) is 9.83 Å². The molecule has 0 saturated heterocycles. The molecule has 1 aromatic heterocycles. The van der Waals surface area contributed by atoms with Crippen LogP contribution in [0.1, 0.15) is 5.69 Å². The van der Waals surface area contributed by atoms with Crippen molar-refractivity contribution in [1.29, 1.82) is 0 Å². The second-order valence-electron chi connectivity index (χ2n) is 2.13. The summed E-state index contributed by atoms with van der Waals surface area (Å²) in [4.78, 5) is 16.1. The molecule has 0 amide bonds. The number of aromatic amines is 1. The Morgan fingerprint density at radius 3 is 2.82 bits per heavy atom. The van der Waals surface area contributed by atoms with Crippen LogP contribution in [0.2, 0.25) is 0 Å². The maximum atomic E-state index is 10.9. The first-order chi connectivity index (χ1) is 5.15. The summed E-state index contributed by atoms with van der Waals surface area (Å²) in [5.41, 5.74) is -0.256. The largest absolute Gasteiger partial charge is 0.519 e. The maximum Gasteiger partial charge on any atom is 0.290 e. The van der Waals surface area contributed by atoms with E-state index in [1.54, 1.807) is 6.92 Å².